The van der Waals surface area contributed by atoms with Gasteiger partial charge < -0.3 is 30.1 Å². The van der Waals surface area contributed by atoms with Crippen molar-refractivity contribution in [2.75, 3.05) is 26.4 Å². The number of aliphatic hydroxyl groups is 3. The molecule has 170 valence electrons. The minimum atomic E-state index is -1.23. The molecule has 0 saturated carbocycles. The first kappa shape index (κ1) is 24.7. The number of para-hydroxylation sites is 1. The number of ether oxygens (including phenoxy) is 2. The van der Waals surface area contributed by atoms with Gasteiger partial charge in [-0.1, -0.05) is 38.1 Å². The van der Waals surface area contributed by atoms with E-state index in [4.69, 9.17) is 19.7 Å². The van der Waals surface area contributed by atoms with Crippen molar-refractivity contribution in [3.63, 3.8) is 0 Å². The fraction of sp³-hybridized carbons (Fsp3) is 0.458. The van der Waals surface area contributed by atoms with Crippen molar-refractivity contribution in [1.29, 1.82) is 0 Å². The summed E-state index contributed by atoms with van der Waals surface area (Å²) in [5, 5.41) is 29.3. The Bertz CT molecular complexity index is 852. The lowest BCUT2D eigenvalue weighted by atomic mass is 9.87. The molecule has 1 heterocycles. The number of fused-ring (bicyclic) bond motifs is 2. The van der Waals surface area contributed by atoms with Crippen LogP contribution in [0.1, 0.15) is 38.3 Å². The molecule has 0 radical (unpaired) electrons. The van der Waals surface area contributed by atoms with Crippen LogP contribution in [0.15, 0.2) is 42.5 Å². The van der Waals surface area contributed by atoms with Gasteiger partial charge in [0.25, 0.3) is 0 Å². The highest BCUT2D eigenvalue weighted by molar-refractivity contribution is 5.81. The summed E-state index contributed by atoms with van der Waals surface area (Å²) < 4.78 is 11.5. The van der Waals surface area contributed by atoms with Crippen molar-refractivity contribution >= 4 is 5.91 Å². The Hall–Kier alpha value is -2.61. The summed E-state index contributed by atoms with van der Waals surface area (Å²) in [7, 11) is 0. The normalized spacial score (nSPS) is 13.0. The summed E-state index contributed by atoms with van der Waals surface area (Å²) in [6, 6.07) is 14.1. The molecule has 0 spiro atoms. The molecule has 0 bridgehead atoms. The summed E-state index contributed by atoms with van der Waals surface area (Å²) in [4.78, 5) is 11.3. The van der Waals surface area contributed by atoms with Crippen molar-refractivity contribution in [2.45, 2.75) is 39.7 Å². The van der Waals surface area contributed by atoms with Crippen LogP contribution in [0.3, 0.4) is 0 Å². The summed E-state index contributed by atoms with van der Waals surface area (Å²) in [6.07, 6.45) is 0.103. The number of rotatable bonds is 8. The van der Waals surface area contributed by atoms with E-state index in [1.54, 1.807) is 13.8 Å². The van der Waals surface area contributed by atoms with E-state index < -0.39 is 17.4 Å². The van der Waals surface area contributed by atoms with Gasteiger partial charge in [-0.3, -0.25) is 4.79 Å². The number of aliphatic hydroxyl groups excluding tert-OH is 3. The zero-order chi connectivity index (χ0) is 22.9. The fourth-order valence-corrected chi connectivity index (χ4v) is 2.99. The number of hydrogen-bond acceptors (Lipinski definition) is 6. The number of benzene rings is 2. The van der Waals surface area contributed by atoms with Crippen LogP contribution in [0.2, 0.25) is 0 Å². The van der Waals surface area contributed by atoms with Gasteiger partial charge in [-0.15, -0.1) is 0 Å². The minimum absolute atomic E-state index is 0.000230. The van der Waals surface area contributed by atoms with Gasteiger partial charge in [0.05, 0.1) is 13.2 Å². The van der Waals surface area contributed by atoms with E-state index in [-0.39, 0.29) is 13.2 Å². The third-order valence-electron chi connectivity index (χ3n) is 4.98. The van der Waals surface area contributed by atoms with Crippen LogP contribution in [0.25, 0.3) is 0 Å². The van der Waals surface area contributed by atoms with Gasteiger partial charge in [0.1, 0.15) is 23.4 Å². The molecular formula is C24H33NO6. The number of carbonyl (C=O) groups excluding carboxylic acids is 1. The first-order valence-corrected chi connectivity index (χ1v) is 10.5. The molecule has 2 aromatic carbocycles. The van der Waals surface area contributed by atoms with E-state index in [1.165, 1.54) is 5.56 Å². The molecule has 0 saturated heterocycles. The van der Waals surface area contributed by atoms with Crippen LogP contribution in [-0.4, -0.2) is 53.7 Å². The van der Waals surface area contributed by atoms with Crippen LogP contribution < -0.4 is 14.8 Å². The molecule has 2 aromatic rings. The van der Waals surface area contributed by atoms with E-state index in [2.05, 4.69) is 11.4 Å². The largest absolute Gasteiger partial charge is 0.493 e. The Morgan fingerprint density at radius 1 is 1.16 bits per heavy atom. The van der Waals surface area contributed by atoms with Gasteiger partial charge >= 0.3 is 0 Å². The second-order valence-electron chi connectivity index (χ2n) is 7.97. The van der Waals surface area contributed by atoms with E-state index in [0.717, 1.165) is 29.2 Å². The lowest BCUT2D eigenvalue weighted by Gasteiger charge is -2.27. The molecule has 4 N–H and O–H groups in total. The van der Waals surface area contributed by atoms with E-state index in [1.807, 2.05) is 43.3 Å². The Kier molecular flexibility index (Phi) is 9.30. The van der Waals surface area contributed by atoms with Crippen molar-refractivity contribution in [1.82, 2.24) is 5.32 Å². The molecule has 31 heavy (non-hydrogen) atoms. The highest BCUT2D eigenvalue weighted by Crippen LogP contribution is 2.40. The lowest BCUT2D eigenvalue weighted by molar-refractivity contribution is -0.137. The van der Waals surface area contributed by atoms with E-state index >= 15 is 0 Å². The molecule has 0 aromatic heterocycles. The Morgan fingerprint density at radius 3 is 2.55 bits per heavy atom. The van der Waals surface area contributed by atoms with E-state index in [0.29, 0.717) is 19.6 Å². The first-order valence-electron chi connectivity index (χ1n) is 10.5. The Morgan fingerprint density at radius 2 is 1.87 bits per heavy atom. The maximum Gasteiger partial charge on any atom is 0.249 e. The van der Waals surface area contributed by atoms with E-state index in [9.17, 15) is 9.90 Å². The summed E-state index contributed by atoms with van der Waals surface area (Å²) in [5.74, 6) is 2.28. The van der Waals surface area contributed by atoms with Gasteiger partial charge in [-0.25, -0.2) is 0 Å². The molecule has 0 fully saturated rings. The summed E-state index contributed by atoms with van der Waals surface area (Å²) >= 11 is 0. The smallest absolute Gasteiger partial charge is 0.249 e. The zero-order valence-corrected chi connectivity index (χ0v) is 18.4. The first-order chi connectivity index (χ1) is 14.8. The average molecular weight is 432 g/mol. The third-order valence-corrected chi connectivity index (χ3v) is 4.98. The predicted octanol–water partition coefficient (Wildman–Crippen LogP) is 2.65. The van der Waals surface area contributed by atoms with Crippen LogP contribution >= 0.6 is 0 Å². The van der Waals surface area contributed by atoms with Crippen LogP contribution in [-0.2, 0) is 11.2 Å². The molecule has 1 aliphatic rings. The topological polar surface area (TPSA) is 108 Å². The maximum atomic E-state index is 11.3. The van der Waals surface area contributed by atoms with Gasteiger partial charge in [0, 0.05) is 30.6 Å². The molecule has 7 heteroatoms. The van der Waals surface area contributed by atoms with Gasteiger partial charge in [0.2, 0.25) is 5.91 Å². The highest BCUT2D eigenvalue weighted by Gasteiger charge is 2.32. The van der Waals surface area contributed by atoms with Crippen molar-refractivity contribution < 1.29 is 29.6 Å². The standard InChI is InChI=1S/C15H14O2.C9H19NO4/c1-2-16-14-8-5-9-15-12(14)10-11-6-3-4-7-13(11)17-15;1-9(2,6-12)7(13)8(14)10-4-3-5-11/h3-9H,2,10H2,1H3;7,11-13H,3-6H2,1-2H3,(H,10,14). The molecule has 7 nitrogen and oxygen atoms in total. The predicted molar refractivity (Wildman–Crippen MR) is 119 cm³/mol. The number of amides is 1. The van der Waals surface area contributed by atoms with Crippen LogP contribution in [0.5, 0.6) is 17.2 Å². The van der Waals surface area contributed by atoms with Crippen molar-refractivity contribution in [2.24, 2.45) is 5.41 Å². The number of carbonyl (C=O) groups is 1. The second kappa shape index (κ2) is 11.7. The fourth-order valence-electron chi connectivity index (χ4n) is 2.99. The van der Waals surface area contributed by atoms with Crippen molar-refractivity contribution in [3.8, 4) is 17.2 Å². The third kappa shape index (κ3) is 6.69. The van der Waals surface area contributed by atoms with Gasteiger partial charge in [-0.05, 0) is 37.1 Å². The SMILES string of the molecule is CC(C)(CO)C(O)C(=O)NCCCO.CCOc1cccc2c1Cc1ccccc1O2. The molecular weight excluding hydrogens is 398 g/mol. The Labute approximate surface area is 183 Å². The monoisotopic (exact) mass is 431 g/mol. The second-order valence-corrected chi connectivity index (χ2v) is 7.97. The molecule has 1 aliphatic heterocycles. The zero-order valence-electron chi connectivity index (χ0n) is 18.4. The minimum Gasteiger partial charge on any atom is -0.493 e. The van der Waals surface area contributed by atoms with Gasteiger partial charge in [0.15, 0.2) is 0 Å². The molecule has 1 atom stereocenters. The summed E-state index contributed by atoms with van der Waals surface area (Å²) in [5.41, 5.74) is 1.52. The lowest BCUT2D eigenvalue weighted by Crippen LogP contribution is -2.45. The molecule has 1 unspecified atom stereocenters. The maximum absolute atomic E-state index is 11.3. The molecule has 1 amide bonds. The molecule has 3 rings (SSSR count). The average Bonchev–Trinajstić information content (AvgIpc) is 2.78. The highest BCUT2D eigenvalue weighted by atomic mass is 16.5. The van der Waals surface area contributed by atoms with Crippen LogP contribution in [0.4, 0.5) is 0 Å². The Balaban J connectivity index is 0.000000226. The van der Waals surface area contributed by atoms with Crippen LogP contribution in [0, 0.1) is 5.41 Å². The van der Waals surface area contributed by atoms with Gasteiger partial charge in [-0.2, -0.15) is 0 Å². The molecule has 0 aliphatic carbocycles. The number of hydrogen-bond donors (Lipinski definition) is 4. The van der Waals surface area contributed by atoms with Crippen molar-refractivity contribution in [3.05, 3.63) is 53.6 Å². The quantitative estimate of drug-likeness (QED) is 0.409. The number of nitrogens with one attached hydrogen (secondary N) is 1. The summed E-state index contributed by atoms with van der Waals surface area (Å²) in [6.45, 7) is 5.94.